The molecule has 1 aliphatic heterocycles. The number of halogens is 1. The van der Waals surface area contributed by atoms with E-state index in [1.807, 2.05) is 13.1 Å². The maximum atomic E-state index is 14.9. The third-order valence-corrected chi connectivity index (χ3v) is 5.82. The van der Waals surface area contributed by atoms with Crippen LogP contribution in [0.2, 0.25) is 0 Å². The minimum Gasteiger partial charge on any atom is -0.370 e. The molecule has 2 heterocycles. The van der Waals surface area contributed by atoms with E-state index in [1.165, 1.54) is 0 Å². The van der Waals surface area contributed by atoms with Gasteiger partial charge in [0.15, 0.2) is 5.82 Å². The van der Waals surface area contributed by atoms with Gasteiger partial charge in [0.1, 0.15) is 5.82 Å². The minimum atomic E-state index is -0.354. The number of hydrogen-bond acceptors (Lipinski definition) is 4. The fourth-order valence-corrected chi connectivity index (χ4v) is 3.92. The molecule has 2 aromatic rings. The molecule has 0 radical (unpaired) electrons. The van der Waals surface area contributed by atoms with Crippen molar-refractivity contribution in [2.24, 2.45) is 18.7 Å². The van der Waals surface area contributed by atoms with E-state index >= 15 is 0 Å². The zero-order chi connectivity index (χ0) is 19.6. The van der Waals surface area contributed by atoms with Gasteiger partial charge in [-0.25, -0.2) is 4.39 Å². The van der Waals surface area contributed by atoms with Gasteiger partial charge >= 0.3 is 0 Å². The van der Waals surface area contributed by atoms with Gasteiger partial charge in [0.2, 0.25) is 5.91 Å². The lowest BCUT2D eigenvalue weighted by Crippen LogP contribution is -2.32. The predicted molar refractivity (Wildman–Crippen MR) is 106 cm³/mol. The summed E-state index contributed by atoms with van der Waals surface area (Å²) < 4.78 is 16.7. The fraction of sp³-hybridized carbons (Fsp3) is 0.600. The van der Waals surface area contributed by atoms with Crippen LogP contribution in [0.3, 0.4) is 0 Å². The molecule has 1 aromatic carbocycles. The maximum absolute atomic E-state index is 14.9. The Hall–Kier alpha value is -2.15. The Labute approximate surface area is 159 Å². The van der Waals surface area contributed by atoms with Crippen LogP contribution in [0.15, 0.2) is 12.1 Å². The number of hydrogen-bond donors (Lipinski definition) is 3. The molecular formula is C20H30FN5O. The standard InChI is InChI=1S/C20H30FN5O/c1-4-12(2)17(11-19(22)27)24-20-15-9-16(21)14(10-18(15)26(3)25-20)13-5-7-23-8-6-13/h9-10,12-13,17,23H,4-8,11H2,1-3H3,(H2,22,27)(H,24,25)/t12-,17?/m0/s1. The van der Waals surface area contributed by atoms with E-state index in [4.69, 9.17) is 5.73 Å². The van der Waals surface area contributed by atoms with Gasteiger partial charge in [0.25, 0.3) is 0 Å². The van der Waals surface area contributed by atoms with Crippen LogP contribution in [-0.4, -0.2) is 34.8 Å². The van der Waals surface area contributed by atoms with Crippen LogP contribution in [-0.2, 0) is 11.8 Å². The summed E-state index contributed by atoms with van der Waals surface area (Å²) in [7, 11) is 1.87. The molecule has 148 valence electrons. The lowest BCUT2D eigenvalue weighted by molar-refractivity contribution is -0.118. The van der Waals surface area contributed by atoms with Crippen molar-refractivity contribution in [3.63, 3.8) is 0 Å². The summed E-state index contributed by atoms with van der Waals surface area (Å²) >= 11 is 0. The van der Waals surface area contributed by atoms with Crippen molar-refractivity contribution >= 4 is 22.6 Å². The number of primary amides is 1. The Morgan fingerprint density at radius 3 is 2.78 bits per heavy atom. The van der Waals surface area contributed by atoms with Gasteiger partial charge in [0.05, 0.1) is 5.52 Å². The molecule has 3 rings (SSSR count). The molecular weight excluding hydrogens is 345 g/mol. The van der Waals surface area contributed by atoms with Crippen LogP contribution in [0.5, 0.6) is 0 Å². The summed E-state index contributed by atoms with van der Waals surface area (Å²) in [5, 5.41) is 12.0. The van der Waals surface area contributed by atoms with Gasteiger partial charge in [-0.05, 0) is 55.5 Å². The van der Waals surface area contributed by atoms with E-state index in [0.29, 0.717) is 5.82 Å². The fourth-order valence-electron chi connectivity index (χ4n) is 3.92. The topological polar surface area (TPSA) is 85.0 Å². The predicted octanol–water partition coefficient (Wildman–Crippen LogP) is 2.88. The van der Waals surface area contributed by atoms with Crippen LogP contribution in [0.1, 0.15) is 51.0 Å². The molecule has 0 bridgehead atoms. The highest BCUT2D eigenvalue weighted by atomic mass is 19.1. The zero-order valence-corrected chi connectivity index (χ0v) is 16.4. The summed E-state index contributed by atoms with van der Waals surface area (Å²) in [6.07, 6.45) is 3.02. The van der Waals surface area contributed by atoms with Crippen LogP contribution in [0, 0.1) is 11.7 Å². The Kier molecular flexibility index (Phi) is 5.99. The molecule has 1 amide bonds. The van der Waals surface area contributed by atoms with Crippen molar-refractivity contribution in [2.45, 2.75) is 51.5 Å². The summed E-state index contributed by atoms with van der Waals surface area (Å²) in [4.78, 5) is 11.5. The number of nitrogens with one attached hydrogen (secondary N) is 2. The second kappa shape index (κ2) is 8.25. The molecule has 27 heavy (non-hydrogen) atoms. The van der Waals surface area contributed by atoms with Crippen molar-refractivity contribution < 1.29 is 9.18 Å². The third-order valence-electron chi connectivity index (χ3n) is 5.82. The van der Waals surface area contributed by atoms with Gasteiger partial charge in [-0.15, -0.1) is 0 Å². The first-order valence-electron chi connectivity index (χ1n) is 9.82. The normalized spacial score (nSPS) is 17.8. The smallest absolute Gasteiger partial charge is 0.219 e. The van der Waals surface area contributed by atoms with E-state index < -0.39 is 0 Å². The molecule has 1 unspecified atom stereocenters. The molecule has 0 spiro atoms. The summed E-state index contributed by atoms with van der Waals surface area (Å²) in [5.41, 5.74) is 7.08. The average molecular weight is 375 g/mol. The Bertz CT molecular complexity index is 812. The number of benzene rings is 1. The molecule has 0 aliphatic carbocycles. The third kappa shape index (κ3) is 4.24. The number of anilines is 1. The van der Waals surface area contributed by atoms with E-state index in [-0.39, 0.29) is 36.0 Å². The lowest BCUT2D eigenvalue weighted by Gasteiger charge is -2.24. The number of rotatable bonds is 7. The highest BCUT2D eigenvalue weighted by Gasteiger charge is 2.24. The number of amides is 1. The highest BCUT2D eigenvalue weighted by molar-refractivity contribution is 5.91. The minimum absolute atomic E-state index is 0.127. The quantitative estimate of drug-likeness (QED) is 0.695. The SMILES string of the molecule is CC[C@H](C)C(CC(N)=O)Nc1nn(C)c2cc(C3CCNCC3)c(F)cc12. The van der Waals surface area contributed by atoms with E-state index in [0.717, 1.165) is 48.8 Å². The number of carbonyl (C=O) groups excluding carboxylic acids is 1. The molecule has 2 atom stereocenters. The number of nitrogens with two attached hydrogens (primary N) is 1. The largest absolute Gasteiger partial charge is 0.370 e. The summed E-state index contributed by atoms with van der Waals surface area (Å²) in [5.74, 6) is 0.556. The lowest BCUT2D eigenvalue weighted by atomic mass is 9.89. The van der Waals surface area contributed by atoms with Gasteiger partial charge in [0, 0.05) is 24.9 Å². The van der Waals surface area contributed by atoms with Crippen molar-refractivity contribution in [2.75, 3.05) is 18.4 Å². The van der Waals surface area contributed by atoms with Crippen molar-refractivity contribution in [3.8, 4) is 0 Å². The molecule has 0 saturated carbocycles. The molecule has 6 nitrogen and oxygen atoms in total. The molecule has 1 aromatic heterocycles. The molecule has 1 fully saturated rings. The number of fused-ring (bicyclic) bond motifs is 1. The Balaban J connectivity index is 1.95. The van der Waals surface area contributed by atoms with Crippen LogP contribution in [0.25, 0.3) is 10.9 Å². The van der Waals surface area contributed by atoms with Crippen LogP contribution in [0.4, 0.5) is 10.2 Å². The molecule has 4 N–H and O–H groups in total. The number of aryl methyl sites for hydroxylation is 1. The van der Waals surface area contributed by atoms with Crippen molar-refractivity contribution in [1.82, 2.24) is 15.1 Å². The van der Waals surface area contributed by atoms with Crippen LogP contribution < -0.4 is 16.4 Å². The van der Waals surface area contributed by atoms with Gasteiger partial charge in [-0.3, -0.25) is 9.48 Å². The Morgan fingerprint density at radius 2 is 2.15 bits per heavy atom. The first-order valence-corrected chi connectivity index (χ1v) is 9.82. The molecule has 7 heteroatoms. The highest BCUT2D eigenvalue weighted by Crippen LogP contribution is 2.33. The van der Waals surface area contributed by atoms with E-state index in [2.05, 4.69) is 29.6 Å². The summed E-state index contributed by atoms with van der Waals surface area (Å²) in [6.45, 7) is 5.98. The number of aromatic nitrogens is 2. The zero-order valence-electron chi connectivity index (χ0n) is 16.4. The van der Waals surface area contributed by atoms with E-state index in [1.54, 1.807) is 10.7 Å². The summed E-state index contributed by atoms with van der Waals surface area (Å²) in [6, 6.07) is 3.39. The van der Waals surface area contributed by atoms with Gasteiger partial charge in [-0.1, -0.05) is 20.3 Å². The maximum Gasteiger partial charge on any atom is 0.219 e. The van der Waals surface area contributed by atoms with Crippen molar-refractivity contribution in [1.29, 1.82) is 0 Å². The second-order valence-electron chi connectivity index (χ2n) is 7.69. The molecule has 1 aliphatic rings. The number of piperidine rings is 1. The van der Waals surface area contributed by atoms with Crippen molar-refractivity contribution in [3.05, 3.63) is 23.5 Å². The number of nitrogens with zero attached hydrogens (tertiary/aromatic N) is 2. The van der Waals surface area contributed by atoms with Gasteiger partial charge in [-0.2, -0.15) is 5.10 Å². The number of carbonyl (C=O) groups is 1. The molecule has 1 saturated heterocycles. The van der Waals surface area contributed by atoms with E-state index in [9.17, 15) is 9.18 Å². The first kappa shape index (κ1) is 19.6. The average Bonchev–Trinajstić information content (AvgIpc) is 2.95. The van der Waals surface area contributed by atoms with Crippen LogP contribution >= 0.6 is 0 Å². The second-order valence-corrected chi connectivity index (χ2v) is 7.69. The monoisotopic (exact) mass is 375 g/mol. The first-order chi connectivity index (χ1) is 12.9. The van der Waals surface area contributed by atoms with Gasteiger partial charge < -0.3 is 16.4 Å². The Morgan fingerprint density at radius 1 is 1.44 bits per heavy atom.